The van der Waals surface area contributed by atoms with E-state index in [1.54, 1.807) is 0 Å². The van der Waals surface area contributed by atoms with Crippen LogP contribution in [0, 0.1) is 0 Å². The van der Waals surface area contributed by atoms with E-state index in [0.29, 0.717) is 0 Å². The monoisotopic (exact) mass is 368 g/mol. The van der Waals surface area contributed by atoms with Gasteiger partial charge in [-0.1, -0.05) is 60.7 Å². The largest absolute Gasteiger partial charge is 0.343 e. The van der Waals surface area contributed by atoms with Crippen LogP contribution >= 0.6 is 0 Å². The van der Waals surface area contributed by atoms with Gasteiger partial charge in [0.05, 0.1) is 0 Å². The molecule has 0 saturated carbocycles. The summed E-state index contributed by atoms with van der Waals surface area (Å²) in [4.78, 5) is 0. The van der Waals surface area contributed by atoms with Gasteiger partial charge in [-0.05, 0) is 38.8 Å². The number of ether oxygens (including phenoxy) is 2. The minimum absolute atomic E-state index is 0.0154. The summed E-state index contributed by atoms with van der Waals surface area (Å²) in [5.41, 5.74) is 2.56. The summed E-state index contributed by atoms with van der Waals surface area (Å²) in [6.45, 7) is 9.85. The second-order valence-electron chi connectivity index (χ2n) is 7.79. The van der Waals surface area contributed by atoms with E-state index in [1.807, 2.05) is 26.0 Å². The van der Waals surface area contributed by atoms with E-state index in [2.05, 4.69) is 73.0 Å². The summed E-state index contributed by atoms with van der Waals surface area (Å²) in [6.07, 6.45) is 0.0308. The van der Waals surface area contributed by atoms with Gasteiger partial charge in [0.15, 0.2) is 5.79 Å². The predicted octanol–water partition coefficient (Wildman–Crippen LogP) is 4.21. The summed E-state index contributed by atoms with van der Waals surface area (Å²) in [5.74, 6) is -0.551. The maximum absolute atomic E-state index is 6.16. The van der Waals surface area contributed by atoms with E-state index in [4.69, 9.17) is 9.47 Å². The highest BCUT2D eigenvalue weighted by Gasteiger charge is 2.41. The van der Waals surface area contributed by atoms with E-state index in [-0.39, 0.29) is 24.3 Å². The van der Waals surface area contributed by atoms with E-state index in [9.17, 15) is 0 Å². The Labute approximate surface area is 163 Å². The molecule has 0 aromatic heterocycles. The minimum atomic E-state index is -0.551. The molecular weight excluding hydrogens is 336 g/mol. The smallest absolute Gasteiger partial charge is 0.163 e. The average Bonchev–Trinajstić information content (AvgIpc) is 2.99. The average molecular weight is 369 g/mol. The van der Waals surface area contributed by atoms with Crippen molar-refractivity contribution >= 4 is 0 Å². The predicted molar refractivity (Wildman–Crippen MR) is 110 cm³/mol. The standard InChI is InChI=1S/C23H32N2O2/c1-17(19-11-7-5-8-12-19)24-15-21-22(27-23(3,4)26-21)16-25-18(2)20-13-9-6-10-14-20/h5-14,17-18,21-22,24-25H,15-16H2,1-4H3/t17-,18-,21+,22+/m1/s1. The quantitative estimate of drug-likeness (QED) is 0.732. The Kier molecular flexibility index (Phi) is 6.66. The Morgan fingerprint density at radius 2 is 1.11 bits per heavy atom. The molecule has 1 saturated heterocycles. The fourth-order valence-electron chi connectivity index (χ4n) is 3.56. The first-order chi connectivity index (χ1) is 12.9. The molecule has 2 N–H and O–H groups in total. The Bertz CT molecular complexity index is 631. The Morgan fingerprint density at radius 3 is 1.48 bits per heavy atom. The van der Waals surface area contributed by atoms with E-state index in [0.717, 1.165) is 13.1 Å². The molecule has 146 valence electrons. The van der Waals surface area contributed by atoms with E-state index in [1.165, 1.54) is 11.1 Å². The first-order valence-corrected chi connectivity index (χ1v) is 9.87. The highest BCUT2D eigenvalue weighted by Crippen LogP contribution is 2.28. The first kappa shape index (κ1) is 20.0. The number of benzene rings is 2. The molecular formula is C23H32N2O2. The lowest BCUT2D eigenvalue weighted by Crippen LogP contribution is -2.41. The number of rotatable bonds is 8. The third kappa shape index (κ3) is 5.63. The van der Waals surface area contributed by atoms with Crippen molar-refractivity contribution in [1.29, 1.82) is 0 Å². The van der Waals surface area contributed by atoms with Gasteiger partial charge in [-0.2, -0.15) is 0 Å². The Morgan fingerprint density at radius 1 is 0.741 bits per heavy atom. The molecule has 0 bridgehead atoms. The SMILES string of the molecule is C[C@@H](NC[C@@H]1OC(C)(C)O[C@H]1CN[C@H](C)c1ccccc1)c1ccccc1. The maximum Gasteiger partial charge on any atom is 0.163 e. The van der Waals surface area contributed by atoms with Crippen LogP contribution in [-0.4, -0.2) is 31.1 Å². The van der Waals surface area contributed by atoms with Gasteiger partial charge in [-0.25, -0.2) is 0 Å². The van der Waals surface area contributed by atoms with Gasteiger partial charge in [-0.15, -0.1) is 0 Å². The first-order valence-electron chi connectivity index (χ1n) is 9.87. The minimum Gasteiger partial charge on any atom is -0.343 e. The van der Waals surface area contributed by atoms with Crippen molar-refractivity contribution in [2.45, 2.75) is 57.8 Å². The highest BCUT2D eigenvalue weighted by atomic mass is 16.8. The zero-order chi connectivity index (χ0) is 19.3. The highest BCUT2D eigenvalue weighted by molar-refractivity contribution is 5.19. The molecule has 0 amide bonds. The molecule has 4 nitrogen and oxygen atoms in total. The number of hydrogen-bond acceptors (Lipinski definition) is 4. The van der Waals surface area contributed by atoms with Crippen molar-refractivity contribution in [3.63, 3.8) is 0 Å². The van der Waals surface area contributed by atoms with Crippen LogP contribution in [0.5, 0.6) is 0 Å². The molecule has 0 aliphatic carbocycles. The van der Waals surface area contributed by atoms with Gasteiger partial charge in [0, 0.05) is 25.2 Å². The van der Waals surface area contributed by atoms with Gasteiger partial charge in [-0.3, -0.25) is 0 Å². The van der Waals surface area contributed by atoms with E-state index >= 15 is 0 Å². The van der Waals surface area contributed by atoms with Crippen LogP contribution in [0.1, 0.15) is 50.9 Å². The van der Waals surface area contributed by atoms with Crippen molar-refractivity contribution < 1.29 is 9.47 Å². The molecule has 3 rings (SSSR count). The van der Waals surface area contributed by atoms with E-state index < -0.39 is 5.79 Å². The van der Waals surface area contributed by atoms with Crippen LogP contribution in [0.2, 0.25) is 0 Å². The second kappa shape index (κ2) is 8.98. The molecule has 1 aliphatic rings. The molecule has 4 heteroatoms. The molecule has 2 aromatic carbocycles. The fourth-order valence-corrected chi connectivity index (χ4v) is 3.56. The molecule has 0 unspecified atom stereocenters. The maximum atomic E-state index is 6.16. The fraction of sp³-hybridized carbons (Fsp3) is 0.478. The van der Waals surface area contributed by atoms with Gasteiger partial charge in [0.25, 0.3) is 0 Å². The van der Waals surface area contributed by atoms with Crippen LogP contribution in [-0.2, 0) is 9.47 Å². The molecule has 1 heterocycles. The van der Waals surface area contributed by atoms with Gasteiger partial charge < -0.3 is 20.1 Å². The van der Waals surface area contributed by atoms with Gasteiger partial charge in [0.2, 0.25) is 0 Å². The van der Waals surface area contributed by atoms with Crippen LogP contribution in [0.4, 0.5) is 0 Å². The summed E-state index contributed by atoms with van der Waals surface area (Å²) in [7, 11) is 0. The van der Waals surface area contributed by atoms with Crippen molar-refractivity contribution in [1.82, 2.24) is 10.6 Å². The summed E-state index contributed by atoms with van der Waals surface area (Å²) < 4.78 is 12.3. The zero-order valence-electron chi connectivity index (χ0n) is 16.8. The lowest BCUT2D eigenvalue weighted by atomic mass is 10.1. The zero-order valence-corrected chi connectivity index (χ0v) is 16.8. The van der Waals surface area contributed by atoms with Crippen molar-refractivity contribution in [3.05, 3.63) is 71.8 Å². The van der Waals surface area contributed by atoms with Crippen LogP contribution < -0.4 is 10.6 Å². The molecule has 4 atom stereocenters. The lowest BCUT2D eigenvalue weighted by molar-refractivity contribution is -0.145. The Balaban J connectivity index is 1.55. The molecule has 2 aromatic rings. The third-order valence-electron chi connectivity index (χ3n) is 5.13. The molecule has 0 radical (unpaired) electrons. The normalized spacial score (nSPS) is 23.9. The summed E-state index contributed by atoms with van der Waals surface area (Å²) in [6, 6.07) is 21.5. The molecule has 0 spiro atoms. The summed E-state index contributed by atoms with van der Waals surface area (Å²) >= 11 is 0. The third-order valence-corrected chi connectivity index (χ3v) is 5.13. The van der Waals surface area contributed by atoms with Gasteiger partial charge in [0.1, 0.15) is 12.2 Å². The van der Waals surface area contributed by atoms with Crippen LogP contribution in [0.25, 0.3) is 0 Å². The molecule has 1 aliphatic heterocycles. The topological polar surface area (TPSA) is 42.5 Å². The van der Waals surface area contributed by atoms with Crippen molar-refractivity contribution in [2.75, 3.05) is 13.1 Å². The van der Waals surface area contributed by atoms with Crippen LogP contribution in [0.15, 0.2) is 60.7 Å². The van der Waals surface area contributed by atoms with Crippen molar-refractivity contribution in [2.24, 2.45) is 0 Å². The number of nitrogens with one attached hydrogen (secondary N) is 2. The Hall–Kier alpha value is -1.72. The lowest BCUT2D eigenvalue weighted by Gasteiger charge is -2.22. The molecule has 1 fully saturated rings. The van der Waals surface area contributed by atoms with Crippen molar-refractivity contribution in [3.8, 4) is 0 Å². The molecule has 27 heavy (non-hydrogen) atoms. The number of hydrogen-bond donors (Lipinski definition) is 2. The summed E-state index contributed by atoms with van der Waals surface area (Å²) in [5, 5.41) is 7.19. The van der Waals surface area contributed by atoms with Gasteiger partial charge >= 0.3 is 0 Å². The second-order valence-corrected chi connectivity index (χ2v) is 7.79. The van der Waals surface area contributed by atoms with Crippen LogP contribution in [0.3, 0.4) is 0 Å².